The Labute approximate surface area is 115 Å². The maximum absolute atomic E-state index is 11.0. The molecule has 0 radical (unpaired) electrons. The maximum Gasteiger partial charge on any atom is 0.320 e. The summed E-state index contributed by atoms with van der Waals surface area (Å²) < 4.78 is 2.90. The number of aliphatic carboxylic acids is 1. The summed E-state index contributed by atoms with van der Waals surface area (Å²) in [5.74, 6) is -0.750. The van der Waals surface area contributed by atoms with Crippen LogP contribution in [0.15, 0.2) is 4.47 Å². The Balaban J connectivity index is 2.07. The summed E-state index contributed by atoms with van der Waals surface area (Å²) in [5, 5.41) is 16.6. The third-order valence-corrected chi connectivity index (χ3v) is 4.51. The first-order chi connectivity index (χ1) is 8.49. The highest BCUT2D eigenvalue weighted by Crippen LogP contribution is 2.24. The zero-order valence-corrected chi connectivity index (χ0v) is 12.2. The SMILES string of the molecule is Cc1nn(C)c(CC2CCCC(C(=O)O)N2)c1Br. The third kappa shape index (κ3) is 2.75. The zero-order chi connectivity index (χ0) is 13.3. The molecule has 0 spiro atoms. The first kappa shape index (κ1) is 13.5. The summed E-state index contributed by atoms with van der Waals surface area (Å²) in [6.07, 6.45) is 3.50. The number of rotatable bonds is 3. The Morgan fingerprint density at radius 1 is 1.61 bits per heavy atom. The van der Waals surface area contributed by atoms with E-state index in [0.29, 0.717) is 0 Å². The van der Waals surface area contributed by atoms with Crippen LogP contribution < -0.4 is 5.32 Å². The van der Waals surface area contributed by atoms with Crippen LogP contribution in [-0.2, 0) is 18.3 Å². The number of halogens is 1. The molecule has 2 unspecified atom stereocenters. The van der Waals surface area contributed by atoms with Crippen molar-refractivity contribution in [2.24, 2.45) is 7.05 Å². The summed E-state index contributed by atoms with van der Waals surface area (Å²) in [5.41, 5.74) is 2.09. The van der Waals surface area contributed by atoms with E-state index in [9.17, 15) is 4.79 Å². The Kier molecular flexibility index (Phi) is 4.07. The van der Waals surface area contributed by atoms with Gasteiger partial charge in [0.05, 0.1) is 15.9 Å². The highest BCUT2D eigenvalue weighted by molar-refractivity contribution is 9.10. The number of nitrogens with one attached hydrogen (secondary N) is 1. The normalized spacial score (nSPS) is 24.2. The van der Waals surface area contributed by atoms with Gasteiger partial charge in [-0.05, 0) is 42.1 Å². The van der Waals surface area contributed by atoms with Gasteiger partial charge in [0, 0.05) is 19.5 Å². The van der Waals surface area contributed by atoms with Crippen molar-refractivity contribution in [3.63, 3.8) is 0 Å². The fraction of sp³-hybridized carbons (Fsp3) is 0.667. The van der Waals surface area contributed by atoms with Crippen LogP contribution >= 0.6 is 15.9 Å². The van der Waals surface area contributed by atoms with Gasteiger partial charge in [-0.25, -0.2) is 0 Å². The third-order valence-electron chi connectivity index (χ3n) is 3.48. The Hall–Kier alpha value is -0.880. The van der Waals surface area contributed by atoms with Gasteiger partial charge in [0.15, 0.2) is 0 Å². The van der Waals surface area contributed by atoms with Crippen LogP contribution in [0.2, 0.25) is 0 Å². The minimum Gasteiger partial charge on any atom is -0.480 e. The number of hydrogen-bond acceptors (Lipinski definition) is 3. The lowest BCUT2D eigenvalue weighted by molar-refractivity contribution is -0.140. The summed E-state index contributed by atoms with van der Waals surface area (Å²) in [7, 11) is 1.92. The number of carboxylic acids is 1. The van der Waals surface area contributed by atoms with Crippen molar-refractivity contribution in [2.75, 3.05) is 0 Å². The van der Waals surface area contributed by atoms with E-state index in [1.807, 2.05) is 18.7 Å². The van der Waals surface area contributed by atoms with Crippen LogP contribution in [-0.4, -0.2) is 32.9 Å². The van der Waals surface area contributed by atoms with Crippen molar-refractivity contribution >= 4 is 21.9 Å². The van der Waals surface area contributed by atoms with Crippen LogP contribution in [0, 0.1) is 6.92 Å². The fourth-order valence-electron chi connectivity index (χ4n) is 2.51. The van der Waals surface area contributed by atoms with E-state index in [-0.39, 0.29) is 6.04 Å². The molecule has 1 saturated heterocycles. The predicted molar refractivity (Wildman–Crippen MR) is 71.5 cm³/mol. The summed E-state index contributed by atoms with van der Waals surface area (Å²) >= 11 is 3.54. The monoisotopic (exact) mass is 315 g/mol. The standard InChI is InChI=1S/C12H18BrN3O2/c1-7-11(13)10(16(2)15-7)6-8-4-3-5-9(14-8)12(17)18/h8-9,14H,3-6H2,1-2H3,(H,17,18). The highest BCUT2D eigenvalue weighted by Gasteiger charge is 2.27. The molecular weight excluding hydrogens is 298 g/mol. The summed E-state index contributed by atoms with van der Waals surface area (Å²) in [6.45, 7) is 1.96. The minimum atomic E-state index is -0.750. The van der Waals surface area contributed by atoms with Gasteiger partial charge in [-0.3, -0.25) is 9.48 Å². The lowest BCUT2D eigenvalue weighted by Crippen LogP contribution is -2.47. The molecule has 1 aliphatic rings. The van der Waals surface area contributed by atoms with E-state index in [4.69, 9.17) is 5.11 Å². The van der Waals surface area contributed by atoms with Crippen molar-refractivity contribution in [1.29, 1.82) is 0 Å². The average Bonchev–Trinajstić information content (AvgIpc) is 2.56. The highest BCUT2D eigenvalue weighted by atomic mass is 79.9. The number of piperidine rings is 1. The van der Waals surface area contributed by atoms with Gasteiger partial charge in [0.25, 0.3) is 0 Å². The molecule has 2 N–H and O–H groups in total. The van der Waals surface area contributed by atoms with Gasteiger partial charge in [0.1, 0.15) is 6.04 Å². The number of carboxylic acid groups (broad SMARTS) is 1. The maximum atomic E-state index is 11.0. The first-order valence-corrected chi connectivity index (χ1v) is 6.95. The number of carbonyl (C=O) groups is 1. The molecule has 0 bridgehead atoms. The van der Waals surface area contributed by atoms with Crippen LogP contribution in [0.5, 0.6) is 0 Å². The van der Waals surface area contributed by atoms with E-state index >= 15 is 0 Å². The fourth-order valence-corrected chi connectivity index (χ4v) is 3.01. The molecule has 0 aromatic carbocycles. The smallest absolute Gasteiger partial charge is 0.320 e. The van der Waals surface area contributed by atoms with Crippen molar-refractivity contribution < 1.29 is 9.90 Å². The molecule has 18 heavy (non-hydrogen) atoms. The van der Waals surface area contributed by atoms with E-state index in [1.165, 1.54) is 0 Å². The van der Waals surface area contributed by atoms with Gasteiger partial charge in [0.2, 0.25) is 0 Å². The zero-order valence-electron chi connectivity index (χ0n) is 10.6. The van der Waals surface area contributed by atoms with Crippen LogP contribution in [0.4, 0.5) is 0 Å². The van der Waals surface area contributed by atoms with Gasteiger partial charge in [-0.15, -0.1) is 0 Å². The van der Waals surface area contributed by atoms with E-state index in [1.54, 1.807) is 0 Å². The second-order valence-corrected chi connectivity index (χ2v) is 5.65. The average molecular weight is 316 g/mol. The molecule has 100 valence electrons. The molecule has 1 aromatic heterocycles. The summed E-state index contributed by atoms with van der Waals surface area (Å²) in [6, 6.07) is -0.192. The van der Waals surface area contributed by atoms with Gasteiger partial charge in [-0.1, -0.05) is 0 Å². The molecule has 0 saturated carbocycles. The quantitative estimate of drug-likeness (QED) is 0.889. The molecule has 1 fully saturated rings. The lowest BCUT2D eigenvalue weighted by Gasteiger charge is -2.28. The Morgan fingerprint density at radius 2 is 2.33 bits per heavy atom. The van der Waals surface area contributed by atoms with Gasteiger partial charge in [-0.2, -0.15) is 5.10 Å². The van der Waals surface area contributed by atoms with Crippen LogP contribution in [0.1, 0.15) is 30.7 Å². The first-order valence-electron chi connectivity index (χ1n) is 6.16. The summed E-state index contributed by atoms with van der Waals surface area (Å²) in [4.78, 5) is 11.0. The Morgan fingerprint density at radius 3 is 2.89 bits per heavy atom. The largest absolute Gasteiger partial charge is 0.480 e. The minimum absolute atomic E-state index is 0.214. The van der Waals surface area contributed by atoms with Crippen molar-refractivity contribution in [1.82, 2.24) is 15.1 Å². The number of hydrogen-bond donors (Lipinski definition) is 2. The molecule has 5 nitrogen and oxygen atoms in total. The second kappa shape index (κ2) is 5.40. The predicted octanol–water partition coefficient (Wildman–Crippen LogP) is 1.63. The van der Waals surface area contributed by atoms with Gasteiger partial charge >= 0.3 is 5.97 Å². The van der Waals surface area contributed by atoms with Crippen molar-refractivity contribution in [2.45, 2.75) is 44.7 Å². The molecule has 0 aliphatic carbocycles. The van der Waals surface area contributed by atoms with E-state index in [2.05, 4.69) is 26.3 Å². The molecule has 2 heterocycles. The van der Waals surface area contributed by atoms with E-state index < -0.39 is 12.0 Å². The molecule has 1 aliphatic heterocycles. The van der Waals surface area contributed by atoms with Crippen LogP contribution in [0.3, 0.4) is 0 Å². The molecule has 6 heteroatoms. The van der Waals surface area contributed by atoms with Crippen molar-refractivity contribution in [3.8, 4) is 0 Å². The van der Waals surface area contributed by atoms with Gasteiger partial charge < -0.3 is 10.4 Å². The molecule has 2 rings (SSSR count). The van der Waals surface area contributed by atoms with Crippen molar-refractivity contribution in [3.05, 3.63) is 15.9 Å². The number of nitrogens with zero attached hydrogens (tertiary/aromatic N) is 2. The topological polar surface area (TPSA) is 67.2 Å². The number of aromatic nitrogens is 2. The van der Waals surface area contributed by atoms with E-state index in [0.717, 1.165) is 41.5 Å². The number of aryl methyl sites for hydroxylation is 2. The molecule has 0 amide bonds. The van der Waals surface area contributed by atoms with Crippen LogP contribution in [0.25, 0.3) is 0 Å². The molecule has 1 aromatic rings. The molecule has 2 atom stereocenters. The molecular formula is C12H18BrN3O2. The second-order valence-electron chi connectivity index (χ2n) is 4.86. The Bertz CT molecular complexity index is 458. The lowest BCUT2D eigenvalue weighted by atomic mass is 9.95.